The predicted molar refractivity (Wildman–Crippen MR) is 89.7 cm³/mol. The molecule has 0 aliphatic heterocycles. The lowest BCUT2D eigenvalue weighted by Crippen LogP contribution is -2.56. The zero-order valence-corrected chi connectivity index (χ0v) is 14.8. The number of carbonyl (C=O) groups excluding carboxylic acids is 1. The molecule has 0 saturated heterocycles. The Labute approximate surface area is 141 Å². The third-order valence-electron chi connectivity index (χ3n) is 3.82. The first-order chi connectivity index (χ1) is 9.88. The Morgan fingerprint density at radius 2 is 2.09 bits per heavy atom. The van der Waals surface area contributed by atoms with Gasteiger partial charge in [-0.1, -0.05) is 18.9 Å². The van der Waals surface area contributed by atoms with E-state index in [1.807, 2.05) is 0 Å². The SMILES string of the molecule is CC(NS(=O)(=O)c1cccs1)C(=O)NC1(CN)CCCC1.Cl. The van der Waals surface area contributed by atoms with Gasteiger partial charge in [0.05, 0.1) is 11.6 Å². The fraction of sp³-hybridized carbons (Fsp3) is 0.615. The summed E-state index contributed by atoms with van der Waals surface area (Å²) in [6.07, 6.45) is 3.76. The van der Waals surface area contributed by atoms with Crippen LogP contribution >= 0.6 is 23.7 Å². The number of rotatable bonds is 6. The van der Waals surface area contributed by atoms with Crippen LogP contribution in [0.15, 0.2) is 21.7 Å². The molecule has 1 heterocycles. The number of amides is 1. The minimum absolute atomic E-state index is 0. The highest BCUT2D eigenvalue weighted by atomic mass is 35.5. The van der Waals surface area contributed by atoms with Crippen LogP contribution in [0.25, 0.3) is 0 Å². The molecule has 0 radical (unpaired) electrons. The van der Waals surface area contributed by atoms with Crippen LogP contribution in [0.4, 0.5) is 0 Å². The fourth-order valence-corrected chi connectivity index (χ4v) is 4.77. The van der Waals surface area contributed by atoms with E-state index in [0.717, 1.165) is 37.0 Å². The highest BCUT2D eigenvalue weighted by Gasteiger charge is 2.35. The maximum Gasteiger partial charge on any atom is 0.250 e. The number of nitrogens with one attached hydrogen (secondary N) is 2. The van der Waals surface area contributed by atoms with Crippen molar-refractivity contribution in [1.82, 2.24) is 10.0 Å². The molecule has 1 fully saturated rings. The quantitative estimate of drug-likeness (QED) is 0.703. The van der Waals surface area contributed by atoms with Crippen molar-refractivity contribution >= 4 is 39.7 Å². The number of sulfonamides is 1. The molecule has 9 heteroatoms. The van der Waals surface area contributed by atoms with Crippen LogP contribution in [0, 0.1) is 0 Å². The summed E-state index contributed by atoms with van der Waals surface area (Å²) in [6, 6.07) is 2.34. The summed E-state index contributed by atoms with van der Waals surface area (Å²) in [5, 5.41) is 4.60. The second-order valence-electron chi connectivity index (χ2n) is 5.46. The Morgan fingerprint density at radius 3 is 2.59 bits per heavy atom. The zero-order chi connectivity index (χ0) is 15.5. The maximum atomic E-state index is 12.2. The lowest BCUT2D eigenvalue weighted by Gasteiger charge is -2.30. The average molecular weight is 368 g/mol. The zero-order valence-electron chi connectivity index (χ0n) is 12.4. The van der Waals surface area contributed by atoms with Crippen LogP contribution in [-0.4, -0.2) is 32.5 Å². The number of nitrogens with two attached hydrogens (primary N) is 1. The molecule has 1 aromatic heterocycles. The average Bonchev–Trinajstić information content (AvgIpc) is 3.10. The first-order valence-electron chi connectivity index (χ1n) is 6.96. The molecule has 1 aromatic rings. The molecule has 0 aromatic carbocycles. The molecule has 126 valence electrons. The summed E-state index contributed by atoms with van der Waals surface area (Å²) >= 11 is 1.12. The van der Waals surface area contributed by atoms with Gasteiger partial charge in [-0.05, 0) is 31.2 Å². The van der Waals surface area contributed by atoms with Gasteiger partial charge in [0, 0.05) is 6.54 Å². The Hall–Kier alpha value is -0.670. The summed E-state index contributed by atoms with van der Waals surface area (Å²) in [6.45, 7) is 1.92. The summed E-state index contributed by atoms with van der Waals surface area (Å²) in [5.41, 5.74) is 5.39. The molecule has 0 bridgehead atoms. The van der Waals surface area contributed by atoms with Gasteiger partial charge in [-0.2, -0.15) is 4.72 Å². The minimum atomic E-state index is -3.64. The summed E-state index contributed by atoms with van der Waals surface area (Å²) in [5.74, 6) is -0.331. The minimum Gasteiger partial charge on any atom is -0.348 e. The molecule has 1 unspecified atom stereocenters. The van der Waals surface area contributed by atoms with Crippen LogP contribution in [0.1, 0.15) is 32.6 Å². The van der Waals surface area contributed by atoms with Crippen molar-refractivity contribution in [2.24, 2.45) is 5.73 Å². The van der Waals surface area contributed by atoms with Crippen LogP contribution in [-0.2, 0) is 14.8 Å². The summed E-state index contributed by atoms with van der Waals surface area (Å²) in [4.78, 5) is 12.2. The van der Waals surface area contributed by atoms with Gasteiger partial charge in [-0.25, -0.2) is 8.42 Å². The van der Waals surface area contributed by atoms with E-state index in [9.17, 15) is 13.2 Å². The standard InChI is InChI=1S/C13H21N3O3S2.ClH/c1-10(16-21(18,19)11-5-4-8-20-11)12(17)15-13(9-14)6-2-3-7-13;/h4-5,8,10,16H,2-3,6-7,9,14H2,1H3,(H,15,17);1H. The maximum absolute atomic E-state index is 12.2. The van der Waals surface area contributed by atoms with Gasteiger partial charge in [0.25, 0.3) is 10.0 Å². The van der Waals surface area contributed by atoms with Crippen LogP contribution in [0.3, 0.4) is 0 Å². The van der Waals surface area contributed by atoms with Crippen LogP contribution < -0.4 is 15.8 Å². The first-order valence-corrected chi connectivity index (χ1v) is 9.33. The fourth-order valence-electron chi connectivity index (χ4n) is 2.56. The molecular weight excluding hydrogens is 346 g/mol. The van der Waals surface area contributed by atoms with E-state index < -0.39 is 16.1 Å². The lowest BCUT2D eigenvalue weighted by atomic mass is 9.97. The molecule has 1 amide bonds. The van der Waals surface area contributed by atoms with Crippen molar-refractivity contribution < 1.29 is 13.2 Å². The first kappa shape index (κ1) is 19.4. The Morgan fingerprint density at radius 1 is 1.45 bits per heavy atom. The van der Waals surface area contributed by atoms with E-state index >= 15 is 0 Å². The molecule has 1 aliphatic carbocycles. The van der Waals surface area contributed by atoms with E-state index in [1.54, 1.807) is 18.4 Å². The van der Waals surface area contributed by atoms with Gasteiger partial charge in [0.1, 0.15) is 4.21 Å². The van der Waals surface area contributed by atoms with Crippen molar-refractivity contribution in [2.75, 3.05) is 6.54 Å². The Kier molecular flexibility index (Phi) is 6.82. The van der Waals surface area contributed by atoms with E-state index in [2.05, 4.69) is 10.0 Å². The molecule has 2 rings (SSSR count). The number of thiophene rings is 1. The topological polar surface area (TPSA) is 101 Å². The molecule has 1 saturated carbocycles. The van der Waals surface area contributed by atoms with Crippen molar-refractivity contribution in [3.05, 3.63) is 17.5 Å². The molecule has 6 nitrogen and oxygen atoms in total. The van der Waals surface area contributed by atoms with Crippen LogP contribution in [0.2, 0.25) is 0 Å². The van der Waals surface area contributed by atoms with Crippen molar-refractivity contribution in [1.29, 1.82) is 0 Å². The molecule has 1 aliphatic rings. The van der Waals surface area contributed by atoms with Crippen molar-refractivity contribution in [3.8, 4) is 0 Å². The highest BCUT2D eigenvalue weighted by molar-refractivity contribution is 7.91. The molecule has 4 N–H and O–H groups in total. The molecular formula is C13H22ClN3O3S2. The second-order valence-corrected chi connectivity index (χ2v) is 8.34. The molecule has 22 heavy (non-hydrogen) atoms. The third kappa shape index (κ3) is 4.42. The van der Waals surface area contributed by atoms with Gasteiger partial charge in [0.2, 0.25) is 5.91 Å². The number of carbonyl (C=O) groups is 1. The number of halogens is 1. The smallest absolute Gasteiger partial charge is 0.250 e. The van der Waals surface area contributed by atoms with Crippen molar-refractivity contribution in [3.63, 3.8) is 0 Å². The number of hydrogen-bond donors (Lipinski definition) is 3. The van der Waals surface area contributed by atoms with Crippen LogP contribution in [0.5, 0.6) is 0 Å². The predicted octanol–water partition coefficient (Wildman–Crippen LogP) is 1.22. The van der Waals surface area contributed by atoms with Gasteiger partial charge >= 0.3 is 0 Å². The highest BCUT2D eigenvalue weighted by Crippen LogP contribution is 2.28. The number of hydrogen-bond acceptors (Lipinski definition) is 5. The molecule has 1 atom stereocenters. The van der Waals surface area contributed by atoms with Gasteiger partial charge in [-0.15, -0.1) is 23.7 Å². The largest absolute Gasteiger partial charge is 0.348 e. The Balaban J connectivity index is 0.00000242. The van der Waals surface area contributed by atoms with Gasteiger partial charge in [0.15, 0.2) is 0 Å². The molecule has 0 spiro atoms. The van der Waals surface area contributed by atoms with E-state index in [4.69, 9.17) is 5.73 Å². The van der Waals surface area contributed by atoms with Crippen molar-refractivity contribution in [2.45, 2.75) is 48.4 Å². The normalized spacial score (nSPS) is 18.5. The monoisotopic (exact) mass is 367 g/mol. The van der Waals surface area contributed by atoms with E-state index in [1.165, 1.54) is 6.07 Å². The summed E-state index contributed by atoms with van der Waals surface area (Å²) < 4.78 is 26.8. The summed E-state index contributed by atoms with van der Waals surface area (Å²) in [7, 11) is -3.64. The van der Waals surface area contributed by atoms with E-state index in [-0.39, 0.29) is 28.1 Å². The Bertz CT molecular complexity index is 584. The van der Waals surface area contributed by atoms with E-state index in [0.29, 0.717) is 6.54 Å². The third-order valence-corrected chi connectivity index (χ3v) is 6.76. The second kappa shape index (κ2) is 7.74. The van der Waals surface area contributed by atoms with Gasteiger partial charge in [-0.3, -0.25) is 4.79 Å². The van der Waals surface area contributed by atoms with Gasteiger partial charge < -0.3 is 11.1 Å². The lowest BCUT2D eigenvalue weighted by molar-refractivity contribution is -0.124.